The van der Waals surface area contributed by atoms with E-state index in [0.29, 0.717) is 11.3 Å². The maximum absolute atomic E-state index is 12.1. The van der Waals surface area contributed by atoms with Gasteiger partial charge < -0.3 is 4.74 Å². The third kappa shape index (κ3) is 6.08. The number of rotatable bonds is 10. The van der Waals surface area contributed by atoms with Crippen LogP contribution in [0.25, 0.3) is 0 Å². The number of Topliss-reactive ketones (excluding diaryl/α,β-unsaturated/α-hetero) is 1. The molecule has 2 heteroatoms. The summed E-state index contributed by atoms with van der Waals surface area (Å²) < 4.78 is 6.50. The summed E-state index contributed by atoms with van der Waals surface area (Å²) in [4.78, 5) is 12.1. The van der Waals surface area contributed by atoms with Crippen LogP contribution in [-0.4, -0.2) is 18.0 Å². The highest BCUT2D eigenvalue weighted by atomic mass is 16.5. The minimum absolute atomic E-state index is 0.198. The third-order valence-electron chi connectivity index (χ3n) is 7.33. The quantitative estimate of drug-likeness (QED) is 0.432. The van der Waals surface area contributed by atoms with E-state index in [0.717, 1.165) is 38.0 Å². The Balaban J connectivity index is 2.95. The Labute approximate surface area is 157 Å². The van der Waals surface area contributed by atoms with Crippen molar-refractivity contribution in [1.82, 2.24) is 0 Å². The zero-order valence-corrected chi connectivity index (χ0v) is 18.3. The highest BCUT2D eigenvalue weighted by Gasteiger charge is 2.44. The Morgan fingerprint density at radius 2 is 1.64 bits per heavy atom. The fourth-order valence-corrected chi connectivity index (χ4v) is 4.36. The molecule has 0 N–H and O–H groups in total. The molecule has 0 aromatic rings. The molecule has 0 aliphatic heterocycles. The number of hydrogen-bond donors (Lipinski definition) is 0. The minimum atomic E-state index is -0.198. The summed E-state index contributed by atoms with van der Waals surface area (Å²) in [7, 11) is 0. The number of ether oxygens (including phenoxy) is 1. The van der Waals surface area contributed by atoms with Crippen molar-refractivity contribution in [3.63, 3.8) is 0 Å². The first-order valence-corrected chi connectivity index (χ1v) is 10.7. The van der Waals surface area contributed by atoms with Gasteiger partial charge in [-0.3, -0.25) is 4.79 Å². The smallest absolute Gasteiger partial charge is 0.158 e. The Morgan fingerprint density at radius 3 is 2.12 bits per heavy atom. The maximum atomic E-state index is 12.1. The summed E-state index contributed by atoms with van der Waals surface area (Å²) in [6, 6.07) is 0. The van der Waals surface area contributed by atoms with E-state index in [4.69, 9.17) is 4.74 Å². The van der Waals surface area contributed by atoms with E-state index in [1.807, 2.05) is 0 Å². The molecular formula is C23H44O2. The van der Waals surface area contributed by atoms with Crippen molar-refractivity contribution in [2.24, 2.45) is 22.7 Å². The van der Waals surface area contributed by atoms with Crippen LogP contribution in [0.15, 0.2) is 0 Å². The first kappa shape index (κ1) is 22.7. The summed E-state index contributed by atoms with van der Waals surface area (Å²) >= 11 is 0. The van der Waals surface area contributed by atoms with Gasteiger partial charge in [0.1, 0.15) is 6.10 Å². The standard InChI is InChI=1S/C23H44O2/c1-9-12-13-20(17(4)24)25-21-15-14-18(22(5,6)10-2)16-19(21)23(7,8)11-3/h18-21H,9-16H2,1-8H3. The summed E-state index contributed by atoms with van der Waals surface area (Å²) in [5.74, 6) is 1.52. The van der Waals surface area contributed by atoms with Gasteiger partial charge in [-0.2, -0.15) is 0 Å². The molecule has 1 aliphatic rings. The van der Waals surface area contributed by atoms with Crippen LogP contribution in [0.5, 0.6) is 0 Å². The largest absolute Gasteiger partial charge is 0.367 e. The number of ketones is 1. The SMILES string of the molecule is CCCCC(OC1CCC(C(C)(C)CC)CC1C(C)(C)CC)C(C)=O. The molecule has 0 radical (unpaired) electrons. The van der Waals surface area contributed by atoms with E-state index in [2.05, 4.69) is 48.5 Å². The molecule has 25 heavy (non-hydrogen) atoms. The minimum Gasteiger partial charge on any atom is -0.367 e. The van der Waals surface area contributed by atoms with Crippen molar-refractivity contribution in [2.75, 3.05) is 0 Å². The van der Waals surface area contributed by atoms with Crippen LogP contribution in [-0.2, 0) is 9.53 Å². The van der Waals surface area contributed by atoms with Gasteiger partial charge >= 0.3 is 0 Å². The molecule has 4 atom stereocenters. The molecule has 1 rings (SSSR count). The molecule has 0 saturated heterocycles. The van der Waals surface area contributed by atoms with Crippen molar-refractivity contribution >= 4 is 5.78 Å². The van der Waals surface area contributed by atoms with Crippen molar-refractivity contribution in [1.29, 1.82) is 0 Å². The molecule has 148 valence electrons. The van der Waals surface area contributed by atoms with Gasteiger partial charge in [0, 0.05) is 0 Å². The molecule has 0 aromatic carbocycles. The van der Waals surface area contributed by atoms with Gasteiger partial charge in [0.25, 0.3) is 0 Å². The summed E-state index contributed by atoms with van der Waals surface area (Å²) in [5, 5.41) is 0. The zero-order chi connectivity index (χ0) is 19.3. The lowest BCUT2D eigenvalue weighted by molar-refractivity contribution is -0.146. The molecule has 1 fully saturated rings. The van der Waals surface area contributed by atoms with Crippen LogP contribution in [0.4, 0.5) is 0 Å². The molecule has 0 aromatic heterocycles. The van der Waals surface area contributed by atoms with Crippen molar-refractivity contribution < 1.29 is 9.53 Å². The van der Waals surface area contributed by atoms with Crippen LogP contribution in [0, 0.1) is 22.7 Å². The van der Waals surface area contributed by atoms with E-state index >= 15 is 0 Å². The molecule has 0 amide bonds. The van der Waals surface area contributed by atoms with Gasteiger partial charge in [0.05, 0.1) is 6.10 Å². The summed E-state index contributed by atoms with van der Waals surface area (Å²) in [6.45, 7) is 18.1. The number of carbonyl (C=O) groups excluding carboxylic acids is 1. The Bertz CT molecular complexity index is 410. The molecule has 4 unspecified atom stereocenters. The van der Waals surface area contributed by atoms with E-state index in [1.165, 1.54) is 19.3 Å². The Kier molecular flexibility index (Phi) is 8.64. The Morgan fingerprint density at radius 1 is 1.04 bits per heavy atom. The van der Waals surface area contributed by atoms with Crippen LogP contribution in [0.3, 0.4) is 0 Å². The van der Waals surface area contributed by atoms with E-state index < -0.39 is 0 Å². The molecule has 1 aliphatic carbocycles. The lowest BCUT2D eigenvalue weighted by Gasteiger charge is -2.49. The molecule has 1 saturated carbocycles. The van der Waals surface area contributed by atoms with Crippen molar-refractivity contribution in [3.8, 4) is 0 Å². The van der Waals surface area contributed by atoms with E-state index in [9.17, 15) is 4.79 Å². The van der Waals surface area contributed by atoms with Gasteiger partial charge in [-0.1, -0.05) is 74.1 Å². The monoisotopic (exact) mass is 352 g/mol. The van der Waals surface area contributed by atoms with E-state index in [-0.39, 0.29) is 23.4 Å². The van der Waals surface area contributed by atoms with Crippen LogP contribution in [0.1, 0.15) is 107 Å². The third-order valence-corrected chi connectivity index (χ3v) is 7.33. The topological polar surface area (TPSA) is 26.3 Å². The van der Waals surface area contributed by atoms with Crippen LogP contribution in [0.2, 0.25) is 0 Å². The van der Waals surface area contributed by atoms with Crippen molar-refractivity contribution in [2.45, 2.75) is 119 Å². The zero-order valence-electron chi connectivity index (χ0n) is 18.3. The molecular weight excluding hydrogens is 308 g/mol. The van der Waals surface area contributed by atoms with Gasteiger partial charge in [0.15, 0.2) is 5.78 Å². The summed E-state index contributed by atoms with van der Waals surface area (Å²) in [6.07, 6.45) is 9.10. The number of hydrogen-bond acceptors (Lipinski definition) is 2. The van der Waals surface area contributed by atoms with Gasteiger partial charge in [0.2, 0.25) is 0 Å². The lowest BCUT2D eigenvalue weighted by atomic mass is 9.60. The Hall–Kier alpha value is -0.370. The van der Waals surface area contributed by atoms with Gasteiger partial charge in [-0.15, -0.1) is 0 Å². The average Bonchev–Trinajstić information content (AvgIpc) is 2.58. The molecule has 2 nitrogen and oxygen atoms in total. The second-order valence-corrected chi connectivity index (χ2v) is 9.72. The maximum Gasteiger partial charge on any atom is 0.158 e. The highest BCUT2D eigenvalue weighted by Crippen LogP contribution is 2.49. The lowest BCUT2D eigenvalue weighted by Crippen LogP contribution is -2.45. The van der Waals surface area contributed by atoms with Gasteiger partial charge in [-0.25, -0.2) is 0 Å². The molecule has 0 heterocycles. The average molecular weight is 353 g/mol. The van der Waals surface area contributed by atoms with Crippen LogP contribution < -0.4 is 0 Å². The summed E-state index contributed by atoms with van der Waals surface area (Å²) in [5.41, 5.74) is 0.661. The first-order valence-electron chi connectivity index (χ1n) is 10.7. The molecule has 0 spiro atoms. The van der Waals surface area contributed by atoms with E-state index in [1.54, 1.807) is 6.92 Å². The first-order chi connectivity index (χ1) is 11.6. The molecule has 0 bridgehead atoms. The predicted molar refractivity (Wildman–Crippen MR) is 108 cm³/mol. The number of unbranched alkanes of at least 4 members (excludes halogenated alkanes) is 1. The second kappa shape index (κ2) is 9.53. The highest BCUT2D eigenvalue weighted by molar-refractivity contribution is 5.80. The fraction of sp³-hybridized carbons (Fsp3) is 0.957. The van der Waals surface area contributed by atoms with Gasteiger partial charge in [-0.05, 0) is 55.3 Å². The fourth-order valence-electron chi connectivity index (χ4n) is 4.36. The normalized spacial score (nSPS) is 26.5. The predicted octanol–water partition coefficient (Wildman–Crippen LogP) is 6.81. The number of carbonyl (C=O) groups is 1. The van der Waals surface area contributed by atoms with Crippen LogP contribution >= 0.6 is 0 Å². The second-order valence-electron chi connectivity index (χ2n) is 9.72. The van der Waals surface area contributed by atoms with Crippen molar-refractivity contribution in [3.05, 3.63) is 0 Å².